The van der Waals surface area contributed by atoms with E-state index in [2.05, 4.69) is 21.9 Å². The lowest BCUT2D eigenvalue weighted by Crippen LogP contribution is -2.02. The molecular weight excluding hydrogens is 220 g/mol. The van der Waals surface area contributed by atoms with Crippen LogP contribution in [0, 0.1) is 11.6 Å². The molecule has 0 bridgehead atoms. The Hall–Kier alpha value is -1.49. The van der Waals surface area contributed by atoms with Gasteiger partial charge in [0.15, 0.2) is 11.6 Å². The first-order valence-electron chi connectivity index (χ1n) is 5.21. The van der Waals surface area contributed by atoms with Gasteiger partial charge >= 0.3 is 0 Å². The highest BCUT2D eigenvalue weighted by Gasteiger charge is 2.08. The van der Waals surface area contributed by atoms with Crippen molar-refractivity contribution >= 4 is 12.2 Å². The number of aryl methyl sites for hydroxylation is 2. The Bertz CT molecular complexity index is 568. The van der Waals surface area contributed by atoms with Crippen molar-refractivity contribution in [3.8, 4) is 11.6 Å². The average Bonchev–Trinajstić information content (AvgIpc) is 2.64. The van der Waals surface area contributed by atoms with Gasteiger partial charge in [-0.15, -0.1) is 0 Å². The molecule has 2 aromatic heterocycles. The molecule has 0 fully saturated rings. The zero-order valence-corrected chi connectivity index (χ0v) is 10.4. The van der Waals surface area contributed by atoms with Crippen molar-refractivity contribution in [1.29, 1.82) is 0 Å². The minimum Gasteiger partial charge on any atom is -0.341 e. The van der Waals surface area contributed by atoms with Crippen LogP contribution in [-0.2, 0) is 13.5 Å². The summed E-state index contributed by atoms with van der Waals surface area (Å²) in [7, 11) is 1.93. The van der Waals surface area contributed by atoms with Gasteiger partial charge in [0.2, 0.25) is 0 Å². The first-order valence-corrected chi connectivity index (χ1v) is 5.61. The Morgan fingerprint density at radius 3 is 2.75 bits per heavy atom. The Balaban J connectivity index is 2.61. The van der Waals surface area contributed by atoms with Gasteiger partial charge in [0.1, 0.15) is 4.64 Å². The molecule has 84 valence electrons. The molecule has 0 aromatic carbocycles. The van der Waals surface area contributed by atoms with Crippen LogP contribution >= 0.6 is 12.2 Å². The van der Waals surface area contributed by atoms with E-state index >= 15 is 0 Å². The van der Waals surface area contributed by atoms with Crippen LogP contribution < -0.4 is 0 Å². The van der Waals surface area contributed by atoms with Crippen molar-refractivity contribution < 1.29 is 0 Å². The third-order valence-corrected chi connectivity index (χ3v) is 2.95. The van der Waals surface area contributed by atoms with Crippen LogP contribution in [0.3, 0.4) is 0 Å². The first kappa shape index (κ1) is 11.0. The molecule has 1 N–H and O–H groups in total. The van der Waals surface area contributed by atoms with E-state index in [1.807, 2.05) is 24.7 Å². The molecular formula is C11H14N4S. The van der Waals surface area contributed by atoms with Crippen molar-refractivity contribution in [3.63, 3.8) is 0 Å². The highest BCUT2D eigenvalue weighted by atomic mass is 32.1. The van der Waals surface area contributed by atoms with Gasteiger partial charge < -0.3 is 9.55 Å². The Labute approximate surface area is 99.4 Å². The van der Waals surface area contributed by atoms with Crippen LogP contribution in [0.1, 0.15) is 18.2 Å². The molecule has 4 nitrogen and oxygen atoms in total. The molecule has 0 amide bonds. The summed E-state index contributed by atoms with van der Waals surface area (Å²) in [5.41, 5.74) is 2.17. The maximum Gasteiger partial charge on any atom is 0.175 e. The number of aromatic nitrogens is 4. The van der Waals surface area contributed by atoms with E-state index in [0.29, 0.717) is 4.64 Å². The van der Waals surface area contributed by atoms with E-state index in [0.717, 1.165) is 29.3 Å². The monoisotopic (exact) mass is 234 g/mol. The number of H-pyrrole nitrogens is 1. The maximum atomic E-state index is 5.28. The van der Waals surface area contributed by atoms with Gasteiger partial charge in [0.25, 0.3) is 0 Å². The van der Waals surface area contributed by atoms with Gasteiger partial charge in [-0.05, 0) is 13.3 Å². The van der Waals surface area contributed by atoms with E-state index < -0.39 is 0 Å². The fraction of sp³-hybridized carbons (Fsp3) is 0.364. The summed E-state index contributed by atoms with van der Waals surface area (Å²) in [6, 6.07) is 0. The molecule has 0 aliphatic carbocycles. The van der Waals surface area contributed by atoms with E-state index in [9.17, 15) is 0 Å². The van der Waals surface area contributed by atoms with Gasteiger partial charge in [0, 0.05) is 30.7 Å². The Morgan fingerprint density at radius 2 is 2.25 bits per heavy atom. The topological polar surface area (TPSA) is 46.5 Å². The fourth-order valence-electron chi connectivity index (χ4n) is 1.73. The molecule has 0 unspecified atom stereocenters. The van der Waals surface area contributed by atoms with E-state index in [1.54, 1.807) is 6.20 Å². The molecule has 0 spiro atoms. The third kappa shape index (κ3) is 1.78. The number of hydrogen-bond donors (Lipinski definition) is 1. The number of nitrogens with zero attached hydrogens (tertiary/aromatic N) is 3. The van der Waals surface area contributed by atoms with Gasteiger partial charge in [-0.2, -0.15) is 0 Å². The molecule has 2 heterocycles. The quantitative estimate of drug-likeness (QED) is 0.812. The summed E-state index contributed by atoms with van der Waals surface area (Å²) in [4.78, 5) is 11.9. The number of nitrogens with one attached hydrogen (secondary N) is 1. The van der Waals surface area contributed by atoms with Crippen molar-refractivity contribution in [2.45, 2.75) is 20.3 Å². The van der Waals surface area contributed by atoms with Crippen LogP contribution in [0.5, 0.6) is 0 Å². The maximum absolute atomic E-state index is 5.28. The van der Waals surface area contributed by atoms with Gasteiger partial charge in [-0.3, -0.25) is 0 Å². The number of hydrogen-bond acceptors (Lipinski definition) is 3. The van der Waals surface area contributed by atoms with Crippen LogP contribution in [0.2, 0.25) is 0 Å². The molecule has 5 heteroatoms. The molecule has 2 aromatic rings. The molecule has 0 aliphatic rings. The average molecular weight is 234 g/mol. The van der Waals surface area contributed by atoms with E-state index in [1.165, 1.54) is 0 Å². The number of rotatable bonds is 2. The second-order valence-electron chi connectivity index (χ2n) is 3.71. The minimum absolute atomic E-state index is 0.664. The SMILES string of the molecule is CCc1c(C)[nH]c(-c2nccn2C)nc1=S. The first-order chi connectivity index (χ1) is 7.63. The molecule has 16 heavy (non-hydrogen) atoms. The second kappa shape index (κ2) is 4.17. The summed E-state index contributed by atoms with van der Waals surface area (Å²) in [5, 5.41) is 0. The summed E-state index contributed by atoms with van der Waals surface area (Å²) in [6.07, 6.45) is 4.53. The zero-order chi connectivity index (χ0) is 11.7. The molecule has 0 saturated carbocycles. The number of imidazole rings is 1. The van der Waals surface area contributed by atoms with Gasteiger partial charge in [-0.25, -0.2) is 9.97 Å². The van der Waals surface area contributed by atoms with Crippen LogP contribution in [0.15, 0.2) is 12.4 Å². The highest BCUT2D eigenvalue weighted by molar-refractivity contribution is 7.71. The van der Waals surface area contributed by atoms with Crippen molar-refractivity contribution in [3.05, 3.63) is 28.3 Å². The molecule has 0 radical (unpaired) electrons. The molecule has 2 rings (SSSR count). The fourth-order valence-corrected chi connectivity index (χ4v) is 2.12. The summed E-state index contributed by atoms with van der Waals surface area (Å²) in [5.74, 6) is 1.53. The summed E-state index contributed by atoms with van der Waals surface area (Å²) in [6.45, 7) is 4.09. The lowest BCUT2D eigenvalue weighted by molar-refractivity contribution is 0.892. The van der Waals surface area contributed by atoms with Crippen molar-refractivity contribution in [2.75, 3.05) is 0 Å². The summed E-state index contributed by atoms with van der Waals surface area (Å²) < 4.78 is 2.58. The predicted molar refractivity (Wildman–Crippen MR) is 65.7 cm³/mol. The second-order valence-corrected chi connectivity index (χ2v) is 4.10. The number of aromatic amines is 1. The molecule has 0 saturated heterocycles. The van der Waals surface area contributed by atoms with E-state index in [-0.39, 0.29) is 0 Å². The van der Waals surface area contributed by atoms with Crippen molar-refractivity contribution in [2.24, 2.45) is 7.05 Å². The van der Waals surface area contributed by atoms with Crippen molar-refractivity contribution in [1.82, 2.24) is 19.5 Å². The Morgan fingerprint density at radius 1 is 1.50 bits per heavy atom. The highest BCUT2D eigenvalue weighted by Crippen LogP contribution is 2.15. The lowest BCUT2D eigenvalue weighted by atomic mass is 10.2. The van der Waals surface area contributed by atoms with Gasteiger partial charge in [-0.1, -0.05) is 19.1 Å². The lowest BCUT2D eigenvalue weighted by Gasteiger charge is -2.07. The van der Waals surface area contributed by atoms with Crippen LogP contribution in [0.4, 0.5) is 0 Å². The Kier molecular flexibility index (Phi) is 2.87. The minimum atomic E-state index is 0.664. The molecule has 0 atom stereocenters. The summed E-state index contributed by atoms with van der Waals surface area (Å²) >= 11 is 5.28. The van der Waals surface area contributed by atoms with Crippen LogP contribution in [-0.4, -0.2) is 19.5 Å². The predicted octanol–water partition coefficient (Wildman–Crippen LogP) is 2.41. The van der Waals surface area contributed by atoms with Gasteiger partial charge in [0.05, 0.1) is 0 Å². The standard InChI is InChI=1S/C11H14N4S/c1-4-8-7(2)13-9(14-11(8)16)10-12-5-6-15(10)3/h5-6H,4H2,1-3H3,(H,13,14,16). The zero-order valence-electron chi connectivity index (χ0n) is 9.61. The van der Waals surface area contributed by atoms with Crippen LogP contribution in [0.25, 0.3) is 11.6 Å². The molecule has 0 aliphatic heterocycles. The third-order valence-electron chi connectivity index (χ3n) is 2.62. The van der Waals surface area contributed by atoms with E-state index in [4.69, 9.17) is 12.2 Å². The largest absolute Gasteiger partial charge is 0.341 e. The normalized spacial score (nSPS) is 10.7. The smallest absolute Gasteiger partial charge is 0.175 e.